The van der Waals surface area contributed by atoms with Gasteiger partial charge in [-0.3, -0.25) is 9.48 Å². The molecule has 33 heavy (non-hydrogen) atoms. The maximum absolute atomic E-state index is 14.6. The summed E-state index contributed by atoms with van der Waals surface area (Å²) in [6.45, 7) is 1.24. The number of nitrogens with one attached hydrogen (secondary N) is 1. The first-order chi connectivity index (χ1) is 15.9. The molecule has 1 aromatic carbocycles. The first kappa shape index (κ1) is 23.1. The summed E-state index contributed by atoms with van der Waals surface area (Å²) in [7, 11) is -1.04. The molecule has 0 aliphatic carbocycles. The van der Waals surface area contributed by atoms with Gasteiger partial charge in [-0.05, 0) is 31.0 Å². The molecule has 0 bridgehead atoms. The molecule has 3 heterocycles. The van der Waals surface area contributed by atoms with E-state index in [2.05, 4.69) is 27.2 Å². The Hall–Kier alpha value is -3.06. The molecule has 2 aromatic heterocycles. The molecular formula is C23H21ClFN5O2S. The smallest absolute Gasteiger partial charge is 0.276 e. The van der Waals surface area contributed by atoms with Crippen LogP contribution in [0.1, 0.15) is 40.5 Å². The van der Waals surface area contributed by atoms with Crippen LogP contribution in [-0.4, -0.2) is 48.5 Å². The van der Waals surface area contributed by atoms with E-state index in [1.54, 1.807) is 10.9 Å². The van der Waals surface area contributed by atoms with Crippen LogP contribution in [0.4, 0.5) is 10.2 Å². The van der Waals surface area contributed by atoms with Gasteiger partial charge in [0, 0.05) is 36.7 Å². The number of halogens is 2. The minimum atomic E-state index is -1.04. The zero-order chi connectivity index (χ0) is 23.4. The number of amides is 1. The van der Waals surface area contributed by atoms with Crippen molar-refractivity contribution in [1.82, 2.24) is 19.1 Å². The number of nitrogens with zero attached hydrogens (tertiary/aromatic N) is 4. The summed E-state index contributed by atoms with van der Waals surface area (Å²) in [6.07, 6.45) is 5.77. The van der Waals surface area contributed by atoms with Gasteiger partial charge in [0.2, 0.25) is 0 Å². The molecule has 4 rings (SSSR count). The first-order valence-corrected chi connectivity index (χ1v) is 12.2. The fourth-order valence-electron chi connectivity index (χ4n) is 3.61. The Morgan fingerprint density at radius 1 is 1.18 bits per heavy atom. The minimum absolute atomic E-state index is 0.0773. The number of hydrogen-bond acceptors (Lipinski definition) is 4. The second kappa shape index (κ2) is 10.3. The lowest BCUT2D eigenvalue weighted by atomic mass is 10.1. The van der Waals surface area contributed by atoms with E-state index < -0.39 is 22.7 Å². The van der Waals surface area contributed by atoms with Crippen molar-refractivity contribution >= 4 is 34.3 Å². The van der Waals surface area contributed by atoms with Crippen LogP contribution >= 0.6 is 11.6 Å². The Bertz CT molecular complexity index is 1250. The number of carbonyl (C=O) groups excluding carboxylic acids is 1. The third kappa shape index (κ3) is 5.47. The van der Waals surface area contributed by atoms with Gasteiger partial charge in [-0.1, -0.05) is 41.6 Å². The van der Waals surface area contributed by atoms with Crippen LogP contribution in [0, 0.1) is 17.7 Å². The van der Waals surface area contributed by atoms with E-state index in [0.717, 1.165) is 5.56 Å². The van der Waals surface area contributed by atoms with Crippen molar-refractivity contribution in [2.45, 2.75) is 18.9 Å². The SMILES string of the molecule is CS(=O)N1CCC(n2ncc(Cl)c2C(=O)Nc2ncc(C#Cc3ccccc3)cc2F)CC1. The van der Waals surface area contributed by atoms with Gasteiger partial charge in [-0.2, -0.15) is 5.10 Å². The Labute approximate surface area is 198 Å². The van der Waals surface area contributed by atoms with Crippen LogP contribution in [0.15, 0.2) is 48.8 Å². The van der Waals surface area contributed by atoms with E-state index in [9.17, 15) is 13.4 Å². The number of aromatic nitrogens is 3. The summed E-state index contributed by atoms with van der Waals surface area (Å²) in [5, 5.41) is 6.91. The largest absolute Gasteiger partial charge is 0.303 e. The van der Waals surface area contributed by atoms with Crippen LogP contribution in [-0.2, 0) is 11.0 Å². The highest BCUT2D eigenvalue weighted by molar-refractivity contribution is 7.81. The lowest BCUT2D eigenvalue weighted by Crippen LogP contribution is -2.36. The highest BCUT2D eigenvalue weighted by Crippen LogP contribution is 2.28. The van der Waals surface area contributed by atoms with Crippen LogP contribution in [0.5, 0.6) is 0 Å². The quantitative estimate of drug-likeness (QED) is 0.572. The van der Waals surface area contributed by atoms with Crippen LogP contribution in [0.3, 0.4) is 0 Å². The summed E-state index contributed by atoms with van der Waals surface area (Å²) in [5.74, 6) is 4.27. The molecule has 1 unspecified atom stereocenters. The molecule has 170 valence electrons. The number of hydrogen-bond donors (Lipinski definition) is 1. The van der Waals surface area contributed by atoms with Crippen molar-refractivity contribution in [3.05, 3.63) is 76.5 Å². The monoisotopic (exact) mass is 485 g/mol. The van der Waals surface area contributed by atoms with E-state index >= 15 is 0 Å². The number of pyridine rings is 1. The Balaban J connectivity index is 1.48. The fraction of sp³-hybridized carbons (Fsp3) is 0.261. The second-order valence-corrected chi connectivity index (χ2v) is 9.27. The number of anilines is 1. The Kier molecular flexibility index (Phi) is 7.18. The summed E-state index contributed by atoms with van der Waals surface area (Å²) in [4.78, 5) is 16.9. The molecule has 0 saturated carbocycles. The van der Waals surface area contributed by atoms with E-state index in [4.69, 9.17) is 11.6 Å². The van der Waals surface area contributed by atoms with Gasteiger partial charge in [0.05, 0.1) is 28.2 Å². The summed E-state index contributed by atoms with van der Waals surface area (Å²) in [5.41, 5.74) is 1.33. The maximum Gasteiger partial charge on any atom is 0.276 e. The van der Waals surface area contributed by atoms with Crippen molar-refractivity contribution in [3.63, 3.8) is 0 Å². The molecule has 1 aliphatic rings. The number of piperidine rings is 1. The minimum Gasteiger partial charge on any atom is -0.303 e. The van der Waals surface area contributed by atoms with Crippen molar-refractivity contribution in [3.8, 4) is 11.8 Å². The lowest BCUT2D eigenvalue weighted by molar-refractivity contribution is 0.101. The fourth-order valence-corrected chi connectivity index (χ4v) is 4.55. The number of rotatable bonds is 4. The molecule has 1 atom stereocenters. The molecule has 0 spiro atoms. The first-order valence-electron chi connectivity index (χ1n) is 10.3. The third-order valence-corrected chi connectivity index (χ3v) is 6.67. The lowest BCUT2D eigenvalue weighted by Gasteiger charge is -2.30. The second-order valence-electron chi connectivity index (χ2n) is 7.49. The Morgan fingerprint density at radius 3 is 2.55 bits per heavy atom. The molecular weight excluding hydrogens is 465 g/mol. The summed E-state index contributed by atoms with van der Waals surface area (Å²) < 4.78 is 29.7. The Morgan fingerprint density at radius 2 is 1.88 bits per heavy atom. The highest BCUT2D eigenvalue weighted by atomic mass is 35.5. The normalized spacial score (nSPS) is 15.5. The number of carbonyl (C=O) groups is 1. The topological polar surface area (TPSA) is 80.1 Å². The molecule has 10 heteroatoms. The molecule has 0 radical (unpaired) electrons. The van der Waals surface area contributed by atoms with Crippen molar-refractivity contribution in [1.29, 1.82) is 0 Å². The zero-order valence-electron chi connectivity index (χ0n) is 17.8. The molecule has 1 saturated heterocycles. The van der Waals surface area contributed by atoms with Gasteiger partial charge in [-0.25, -0.2) is 17.9 Å². The van der Waals surface area contributed by atoms with E-state index in [1.807, 2.05) is 34.6 Å². The van der Waals surface area contributed by atoms with E-state index in [1.165, 1.54) is 18.5 Å². The van der Waals surface area contributed by atoms with Crippen molar-refractivity contribution < 1.29 is 13.4 Å². The van der Waals surface area contributed by atoms with Crippen LogP contribution < -0.4 is 5.32 Å². The molecule has 1 amide bonds. The van der Waals surface area contributed by atoms with Crippen molar-refractivity contribution in [2.24, 2.45) is 0 Å². The van der Waals surface area contributed by atoms with Gasteiger partial charge in [-0.15, -0.1) is 0 Å². The molecule has 7 nitrogen and oxygen atoms in total. The predicted molar refractivity (Wildman–Crippen MR) is 126 cm³/mol. The summed E-state index contributed by atoms with van der Waals surface area (Å²) >= 11 is 6.23. The molecule has 1 fully saturated rings. The number of benzene rings is 1. The average Bonchev–Trinajstić information content (AvgIpc) is 3.21. The average molecular weight is 486 g/mol. The van der Waals surface area contributed by atoms with Crippen molar-refractivity contribution in [2.75, 3.05) is 24.7 Å². The van der Waals surface area contributed by atoms with Gasteiger partial charge in [0.1, 0.15) is 5.69 Å². The van der Waals surface area contributed by atoms with Crippen LogP contribution in [0.2, 0.25) is 5.02 Å². The molecule has 1 aliphatic heterocycles. The van der Waals surface area contributed by atoms with Crippen LogP contribution in [0.25, 0.3) is 0 Å². The predicted octanol–water partition coefficient (Wildman–Crippen LogP) is 3.65. The van der Waals surface area contributed by atoms with Gasteiger partial charge >= 0.3 is 0 Å². The maximum atomic E-state index is 14.6. The highest BCUT2D eigenvalue weighted by Gasteiger charge is 2.28. The standard InChI is InChI=1S/C23H21ClFN5O2S/c1-33(32)29-11-9-18(10-12-29)30-21(19(24)15-27-30)23(31)28-22-20(25)13-17(14-26-22)8-7-16-5-3-2-4-6-16/h2-6,13-15,18H,9-12H2,1H3,(H,26,28,31). The molecule has 1 N–H and O–H groups in total. The van der Waals surface area contributed by atoms with Gasteiger partial charge in [0.25, 0.3) is 5.91 Å². The van der Waals surface area contributed by atoms with E-state index in [-0.39, 0.29) is 22.6 Å². The van der Waals surface area contributed by atoms with Gasteiger partial charge in [0.15, 0.2) is 11.6 Å². The van der Waals surface area contributed by atoms with E-state index in [0.29, 0.717) is 31.5 Å². The van der Waals surface area contributed by atoms with Gasteiger partial charge < -0.3 is 5.32 Å². The third-order valence-electron chi connectivity index (χ3n) is 5.30. The zero-order valence-corrected chi connectivity index (χ0v) is 19.4. The summed E-state index contributed by atoms with van der Waals surface area (Å²) in [6, 6.07) is 10.5. The molecule has 3 aromatic rings.